The first kappa shape index (κ1) is 12.1. The van der Waals surface area contributed by atoms with Crippen LogP contribution in [-0.2, 0) is 11.2 Å². The minimum Gasteiger partial charge on any atom is -0.351 e. The molecule has 1 amide bonds. The van der Waals surface area contributed by atoms with Crippen molar-refractivity contribution in [3.8, 4) is 0 Å². The second-order valence-corrected chi connectivity index (χ2v) is 4.78. The molecule has 1 saturated heterocycles. The minimum atomic E-state index is 0.0528. The first-order chi connectivity index (χ1) is 8.15. The number of nitrogens with zero attached hydrogens (tertiary/aromatic N) is 1. The van der Waals surface area contributed by atoms with E-state index in [4.69, 9.17) is 0 Å². The molecule has 2 heterocycles. The molecule has 0 spiro atoms. The molecule has 17 heavy (non-hydrogen) atoms. The predicted octanol–water partition coefficient (Wildman–Crippen LogP) is 0.517. The van der Waals surface area contributed by atoms with Crippen LogP contribution in [0.5, 0.6) is 0 Å². The number of hydrogen-bond donors (Lipinski definition) is 3. The molecular formula is C12H20N4O. The largest absolute Gasteiger partial charge is 0.351 e. The molecule has 0 aliphatic carbocycles. The third-order valence-electron chi connectivity index (χ3n) is 3.21. The van der Waals surface area contributed by atoms with E-state index in [1.54, 1.807) is 0 Å². The molecule has 1 aliphatic rings. The number of carbonyl (C=O) groups excluding carboxylic acids is 1. The number of nitrogens with one attached hydrogen (secondary N) is 3. The van der Waals surface area contributed by atoms with E-state index in [0.29, 0.717) is 12.5 Å². The Labute approximate surface area is 101 Å². The van der Waals surface area contributed by atoms with Gasteiger partial charge in [-0.3, -0.25) is 9.89 Å². The summed E-state index contributed by atoms with van der Waals surface area (Å²) in [5, 5.41) is 13.4. The van der Waals surface area contributed by atoms with Gasteiger partial charge < -0.3 is 10.6 Å². The number of piperidine rings is 1. The van der Waals surface area contributed by atoms with E-state index in [1.165, 1.54) is 0 Å². The molecule has 2 rings (SSSR count). The van der Waals surface area contributed by atoms with E-state index in [0.717, 1.165) is 30.8 Å². The quantitative estimate of drug-likeness (QED) is 0.716. The lowest BCUT2D eigenvalue weighted by Gasteiger charge is -2.30. The summed E-state index contributed by atoms with van der Waals surface area (Å²) in [6, 6.07) is 2.51. The van der Waals surface area contributed by atoms with Crippen LogP contribution in [-0.4, -0.2) is 34.7 Å². The smallest absolute Gasteiger partial charge is 0.226 e. The summed E-state index contributed by atoms with van der Waals surface area (Å²) in [5.41, 5.74) is 1.79. The molecule has 3 N–H and O–H groups in total. The Kier molecular flexibility index (Phi) is 3.78. The lowest BCUT2D eigenvalue weighted by Crippen LogP contribution is -2.52. The van der Waals surface area contributed by atoms with Gasteiger partial charge in [0.2, 0.25) is 5.91 Å². The molecule has 1 aromatic heterocycles. The Hall–Kier alpha value is -1.36. The predicted molar refractivity (Wildman–Crippen MR) is 65.7 cm³/mol. The van der Waals surface area contributed by atoms with Gasteiger partial charge in [-0.2, -0.15) is 5.10 Å². The van der Waals surface area contributed by atoms with Gasteiger partial charge in [-0.15, -0.1) is 0 Å². The Bertz CT molecular complexity index is 388. The van der Waals surface area contributed by atoms with Gasteiger partial charge in [0.15, 0.2) is 0 Å². The second kappa shape index (κ2) is 5.31. The summed E-state index contributed by atoms with van der Waals surface area (Å²) in [7, 11) is 0. The first-order valence-electron chi connectivity index (χ1n) is 6.19. The van der Waals surface area contributed by atoms with Crippen LogP contribution in [0.1, 0.15) is 31.2 Å². The first-order valence-corrected chi connectivity index (χ1v) is 6.19. The zero-order chi connectivity index (χ0) is 12.3. The van der Waals surface area contributed by atoms with Crippen LogP contribution in [0.3, 0.4) is 0 Å². The van der Waals surface area contributed by atoms with E-state index >= 15 is 0 Å². The standard InChI is InChI=1S/C12H20N4O/c1-8-6-10(16-15-8)7-12(17)14-11-4-3-5-13-9(11)2/h6,9,11,13H,3-5,7H2,1-2H3,(H,14,17)(H,15,16). The number of aromatic nitrogens is 2. The molecule has 0 bridgehead atoms. The van der Waals surface area contributed by atoms with Crippen LogP contribution in [0.25, 0.3) is 0 Å². The van der Waals surface area contributed by atoms with Crippen molar-refractivity contribution < 1.29 is 4.79 Å². The maximum Gasteiger partial charge on any atom is 0.226 e. The van der Waals surface area contributed by atoms with Crippen LogP contribution < -0.4 is 10.6 Å². The van der Waals surface area contributed by atoms with Gasteiger partial charge in [-0.25, -0.2) is 0 Å². The van der Waals surface area contributed by atoms with Crippen molar-refractivity contribution >= 4 is 5.91 Å². The lowest BCUT2D eigenvalue weighted by atomic mass is 10.00. The highest BCUT2D eigenvalue weighted by Gasteiger charge is 2.22. The number of hydrogen-bond acceptors (Lipinski definition) is 3. The summed E-state index contributed by atoms with van der Waals surface area (Å²) in [4.78, 5) is 11.8. The highest BCUT2D eigenvalue weighted by molar-refractivity contribution is 5.78. The van der Waals surface area contributed by atoms with Crippen molar-refractivity contribution in [3.05, 3.63) is 17.5 Å². The van der Waals surface area contributed by atoms with Crippen molar-refractivity contribution in [1.29, 1.82) is 0 Å². The molecule has 1 fully saturated rings. The van der Waals surface area contributed by atoms with E-state index in [-0.39, 0.29) is 11.9 Å². The summed E-state index contributed by atoms with van der Waals surface area (Å²) >= 11 is 0. The summed E-state index contributed by atoms with van der Waals surface area (Å²) < 4.78 is 0. The molecule has 0 saturated carbocycles. The molecule has 5 nitrogen and oxygen atoms in total. The number of H-pyrrole nitrogens is 1. The highest BCUT2D eigenvalue weighted by Crippen LogP contribution is 2.08. The van der Waals surface area contributed by atoms with E-state index < -0.39 is 0 Å². The Morgan fingerprint density at radius 3 is 3.12 bits per heavy atom. The van der Waals surface area contributed by atoms with E-state index in [2.05, 4.69) is 27.8 Å². The van der Waals surface area contributed by atoms with Crippen LogP contribution in [0.4, 0.5) is 0 Å². The number of rotatable bonds is 3. The Balaban J connectivity index is 1.84. The fourth-order valence-corrected chi connectivity index (χ4v) is 2.23. The van der Waals surface area contributed by atoms with Gasteiger partial charge in [0.25, 0.3) is 0 Å². The lowest BCUT2D eigenvalue weighted by molar-refractivity contribution is -0.121. The maximum atomic E-state index is 11.8. The van der Waals surface area contributed by atoms with Gasteiger partial charge >= 0.3 is 0 Å². The molecule has 1 aromatic rings. The normalized spacial score (nSPS) is 24.6. The van der Waals surface area contributed by atoms with E-state index in [9.17, 15) is 4.79 Å². The molecular weight excluding hydrogens is 216 g/mol. The summed E-state index contributed by atoms with van der Waals surface area (Å²) in [5.74, 6) is 0.0528. The van der Waals surface area contributed by atoms with Gasteiger partial charge in [-0.1, -0.05) is 0 Å². The number of aromatic amines is 1. The molecule has 2 atom stereocenters. The van der Waals surface area contributed by atoms with Crippen LogP contribution in [0, 0.1) is 6.92 Å². The van der Waals surface area contributed by atoms with Crippen LogP contribution >= 0.6 is 0 Å². The highest BCUT2D eigenvalue weighted by atomic mass is 16.1. The van der Waals surface area contributed by atoms with Crippen molar-refractivity contribution in [2.45, 2.75) is 45.2 Å². The minimum absolute atomic E-state index is 0.0528. The van der Waals surface area contributed by atoms with Crippen molar-refractivity contribution in [2.75, 3.05) is 6.54 Å². The zero-order valence-corrected chi connectivity index (χ0v) is 10.4. The Morgan fingerprint density at radius 2 is 2.47 bits per heavy atom. The fourth-order valence-electron chi connectivity index (χ4n) is 2.23. The summed E-state index contributed by atoms with van der Waals surface area (Å²) in [6.45, 7) is 5.09. The topological polar surface area (TPSA) is 69.8 Å². The van der Waals surface area contributed by atoms with Crippen LogP contribution in [0.15, 0.2) is 6.07 Å². The van der Waals surface area contributed by atoms with Crippen molar-refractivity contribution in [1.82, 2.24) is 20.8 Å². The molecule has 0 aromatic carbocycles. The molecule has 5 heteroatoms. The fraction of sp³-hybridized carbons (Fsp3) is 0.667. The zero-order valence-electron chi connectivity index (χ0n) is 10.4. The van der Waals surface area contributed by atoms with Crippen molar-refractivity contribution in [2.24, 2.45) is 0 Å². The molecule has 2 unspecified atom stereocenters. The molecule has 0 radical (unpaired) electrons. The van der Waals surface area contributed by atoms with Gasteiger partial charge in [0.1, 0.15) is 0 Å². The van der Waals surface area contributed by atoms with E-state index in [1.807, 2.05) is 13.0 Å². The third kappa shape index (κ3) is 3.30. The maximum absolute atomic E-state index is 11.8. The van der Waals surface area contributed by atoms with Gasteiger partial charge in [0.05, 0.1) is 12.1 Å². The second-order valence-electron chi connectivity index (χ2n) is 4.78. The molecule has 1 aliphatic heterocycles. The SMILES string of the molecule is Cc1cc(CC(=O)NC2CCCNC2C)n[nH]1. The van der Waals surface area contributed by atoms with Gasteiger partial charge in [0, 0.05) is 17.8 Å². The average molecular weight is 236 g/mol. The third-order valence-corrected chi connectivity index (χ3v) is 3.21. The number of carbonyl (C=O) groups is 1. The van der Waals surface area contributed by atoms with Crippen LogP contribution in [0.2, 0.25) is 0 Å². The average Bonchev–Trinajstić information content (AvgIpc) is 2.67. The van der Waals surface area contributed by atoms with Gasteiger partial charge in [-0.05, 0) is 39.3 Å². The Morgan fingerprint density at radius 1 is 1.65 bits per heavy atom. The summed E-state index contributed by atoms with van der Waals surface area (Å²) in [6.07, 6.45) is 2.53. The number of aryl methyl sites for hydroxylation is 1. The monoisotopic (exact) mass is 236 g/mol. The number of amides is 1. The van der Waals surface area contributed by atoms with Crippen molar-refractivity contribution in [3.63, 3.8) is 0 Å². The molecule has 94 valence electrons.